The summed E-state index contributed by atoms with van der Waals surface area (Å²) in [6.45, 7) is 2.83. The molecule has 2 aromatic rings. The summed E-state index contributed by atoms with van der Waals surface area (Å²) in [6.07, 6.45) is 1.67. The van der Waals surface area contributed by atoms with Crippen molar-refractivity contribution in [1.29, 1.82) is 0 Å². The number of esters is 1. The van der Waals surface area contributed by atoms with Crippen LogP contribution in [0, 0.1) is 11.6 Å². The number of ether oxygens (including phenoxy) is 1. The Bertz CT molecular complexity index is 710. The lowest BCUT2D eigenvalue weighted by atomic mass is 10.1. The zero-order valence-corrected chi connectivity index (χ0v) is 11.5. The molecule has 0 aliphatic carbocycles. The van der Waals surface area contributed by atoms with Crippen LogP contribution in [0.2, 0.25) is 0 Å². The number of rotatable bonds is 2. The molecule has 1 aromatic carbocycles. The van der Waals surface area contributed by atoms with Crippen molar-refractivity contribution in [2.75, 3.05) is 6.61 Å². The maximum Gasteiger partial charge on any atom is 0.340 e. The van der Waals surface area contributed by atoms with Gasteiger partial charge in [0.1, 0.15) is 0 Å². The summed E-state index contributed by atoms with van der Waals surface area (Å²) in [5, 5.41) is 3.11. The first-order chi connectivity index (χ1) is 10.1. The van der Waals surface area contributed by atoms with Gasteiger partial charge in [-0.25, -0.2) is 13.6 Å². The number of aromatic nitrogens is 1. The van der Waals surface area contributed by atoms with Crippen molar-refractivity contribution in [1.82, 2.24) is 9.88 Å². The standard InChI is InChI=1S/C15H14F2N2O2/c1-2-21-15(20)10-3-4-19-13-6-12(17)11(16)5-9(13)7-18-8-14(10)19/h3-6,18H,2,7-8H2,1H3. The highest BCUT2D eigenvalue weighted by molar-refractivity contribution is 5.91. The molecule has 3 rings (SSSR count). The molecule has 0 atom stereocenters. The molecule has 0 spiro atoms. The monoisotopic (exact) mass is 292 g/mol. The normalized spacial score (nSPS) is 13.3. The third-order valence-electron chi connectivity index (χ3n) is 3.48. The van der Waals surface area contributed by atoms with Gasteiger partial charge in [0.25, 0.3) is 0 Å². The van der Waals surface area contributed by atoms with Gasteiger partial charge in [0, 0.05) is 25.4 Å². The van der Waals surface area contributed by atoms with E-state index in [-0.39, 0.29) is 6.61 Å². The lowest BCUT2D eigenvalue weighted by Crippen LogP contribution is -2.14. The van der Waals surface area contributed by atoms with E-state index in [1.807, 2.05) is 0 Å². The molecule has 0 saturated heterocycles. The molecule has 0 radical (unpaired) electrons. The third kappa shape index (κ3) is 2.31. The minimum Gasteiger partial charge on any atom is -0.462 e. The molecule has 1 aliphatic rings. The Hall–Kier alpha value is -2.21. The van der Waals surface area contributed by atoms with Crippen molar-refractivity contribution in [3.63, 3.8) is 0 Å². The molecule has 0 amide bonds. The maximum absolute atomic E-state index is 13.5. The van der Waals surface area contributed by atoms with Crippen molar-refractivity contribution in [3.8, 4) is 5.69 Å². The molecular weight excluding hydrogens is 278 g/mol. The molecule has 21 heavy (non-hydrogen) atoms. The van der Waals surface area contributed by atoms with E-state index in [9.17, 15) is 13.6 Å². The molecule has 0 saturated carbocycles. The quantitative estimate of drug-likeness (QED) is 0.865. The molecule has 2 heterocycles. The molecule has 1 aromatic heterocycles. The summed E-state index contributed by atoms with van der Waals surface area (Å²) in [4.78, 5) is 11.9. The highest BCUT2D eigenvalue weighted by atomic mass is 19.2. The minimum atomic E-state index is -0.909. The highest BCUT2D eigenvalue weighted by Gasteiger charge is 2.22. The number of nitrogens with zero attached hydrogens (tertiary/aromatic N) is 1. The number of nitrogens with one attached hydrogen (secondary N) is 1. The van der Waals surface area contributed by atoms with E-state index in [0.29, 0.717) is 35.6 Å². The van der Waals surface area contributed by atoms with Crippen molar-refractivity contribution in [2.45, 2.75) is 20.0 Å². The van der Waals surface area contributed by atoms with Crippen LogP contribution in [0.25, 0.3) is 5.69 Å². The fourth-order valence-electron chi connectivity index (χ4n) is 2.52. The predicted molar refractivity (Wildman–Crippen MR) is 72.2 cm³/mol. The molecule has 110 valence electrons. The smallest absolute Gasteiger partial charge is 0.340 e. The van der Waals surface area contributed by atoms with E-state index in [1.165, 1.54) is 6.07 Å². The highest BCUT2D eigenvalue weighted by Crippen LogP contribution is 2.26. The molecule has 0 unspecified atom stereocenters. The van der Waals surface area contributed by atoms with E-state index in [1.54, 1.807) is 23.8 Å². The Morgan fingerprint density at radius 1 is 1.33 bits per heavy atom. The second kappa shape index (κ2) is 5.29. The third-order valence-corrected chi connectivity index (χ3v) is 3.48. The fraction of sp³-hybridized carbons (Fsp3) is 0.267. The lowest BCUT2D eigenvalue weighted by molar-refractivity contribution is 0.0525. The Balaban J connectivity index is 2.13. The molecular formula is C15H14F2N2O2. The summed E-state index contributed by atoms with van der Waals surface area (Å²) >= 11 is 0. The first-order valence-electron chi connectivity index (χ1n) is 6.68. The van der Waals surface area contributed by atoms with Gasteiger partial charge in [-0.2, -0.15) is 0 Å². The van der Waals surface area contributed by atoms with Crippen LogP contribution < -0.4 is 5.32 Å². The van der Waals surface area contributed by atoms with Gasteiger partial charge in [0.2, 0.25) is 0 Å². The van der Waals surface area contributed by atoms with Gasteiger partial charge in [-0.15, -0.1) is 0 Å². The van der Waals surface area contributed by atoms with Gasteiger partial charge in [-0.05, 0) is 24.6 Å². The van der Waals surface area contributed by atoms with E-state index in [0.717, 1.165) is 6.07 Å². The number of benzene rings is 1. The van der Waals surface area contributed by atoms with Crippen LogP contribution in [0.15, 0.2) is 24.4 Å². The number of hydrogen-bond donors (Lipinski definition) is 1. The van der Waals surface area contributed by atoms with Crippen molar-refractivity contribution >= 4 is 5.97 Å². The lowest BCUT2D eigenvalue weighted by Gasteiger charge is -2.10. The van der Waals surface area contributed by atoms with Gasteiger partial charge in [0.05, 0.1) is 23.6 Å². The van der Waals surface area contributed by atoms with Gasteiger partial charge in [-0.1, -0.05) is 0 Å². The van der Waals surface area contributed by atoms with Crippen LogP contribution in [0.5, 0.6) is 0 Å². The van der Waals surface area contributed by atoms with Crippen LogP contribution in [-0.4, -0.2) is 17.1 Å². The zero-order valence-electron chi connectivity index (χ0n) is 11.5. The Labute approximate surface area is 120 Å². The van der Waals surface area contributed by atoms with Crippen molar-refractivity contribution in [3.05, 3.63) is 52.9 Å². The summed E-state index contributed by atoms with van der Waals surface area (Å²) in [6, 6.07) is 3.96. The van der Waals surface area contributed by atoms with Crippen molar-refractivity contribution < 1.29 is 18.3 Å². The Morgan fingerprint density at radius 2 is 2.10 bits per heavy atom. The van der Waals surface area contributed by atoms with Gasteiger partial charge < -0.3 is 14.6 Å². The SMILES string of the molecule is CCOC(=O)c1ccn2c1CNCc1cc(F)c(F)cc1-2. The van der Waals surface area contributed by atoms with E-state index >= 15 is 0 Å². The van der Waals surface area contributed by atoms with Crippen LogP contribution in [0.1, 0.15) is 28.5 Å². The molecule has 0 fully saturated rings. The van der Waals surface area contributed by atoms with E-state index in [4.69, 9.17) is 4.74 Å². The molecule has 4 nitrogen and oxygen atoms in total. The zero-order chi connectivity index (χ0) is 15.0. The molecule has 1 aliphatic heterocycles. The van der Waals surface area contributed by atoms with Crippen molar-refractivity contribution in [2.24, 2.45) is 0 Å². The van der Waals surface area contributed by atoms with Crippen LogP contribution >= 0.6 is 0 Å². The second-order valence-electron chi connectivity index (χ2n) is 4.77. The topological polar surface area (TPSA) is 43.3 Å². The fourth-order valence-corrected chi connectivity index (χ4v) is 2.52. The summed E-state index contributed by atoms with van der Waals surface area (Å²) < 4.78 is 33.6. The largest absolute Gasteiger partial charge is 0.462 e. The summed E-state index contributed by atoms with van der Waals surface area (Å²) in [5.74, 6) is -2.20. The summed E-state index contributed by atoms with van der Waals surface area (Å²) in [7, 11) is 0. The first-order valence-corrected chi connectivity index (χ1v) is 6.68. The number of fused-ring (bicyclic) bond motifs is 3. The predicted octanol–water partition coefficient (Wildman–Crippen LogP) is 2.54. The maximum atomic E-state index is 13.5. The van der Waals surface area contributed by atoms with E-state index in [2.05, 4.69) is 5.32 Å². The van der Waals surface area contributed by atoms with Crippen LogP contribution in [0.3, 0.4) is 0 Å². The summed E-state index contributed by atoms with van der Waals surface area (Å²) in [5.41, 5.74) is 2.28. The number of carbonyl (C=O) groups is 1. The molecule has 0 bridgehead atoms. The average Bonchev–Trinajstić information content (AvgIpc) is 2.79. The van der Waals surface area contributed by atoms with Crippen LogP contribution in [-0.2, 0) is 17.8 Å². The number of halogens is 2. The van der Waals surface area contributed by atoms with Gasteiger partial charge in [0.15, 0.2) is 11.6 Å². The number of hydrogen-bond acceptors (Lipinski definition) is 3. The average molecular weight is 292 g/mol. The molecule has 1 N–H and O–H groups in total. The molecule has 6 heteroatoms. The van der Waals surface area contributed by atoms with Gasteiger partial charge in [-0.3, -0.25) is 0 Å². The number of carbonyl (C=O) groups excluding carboxylic acids is 1. The second-order valence-corrected chi connectivity index (χ2v) is 4.77. The Kier molecular flexibility index (Phi) is 3.47. The minimum absolute atomic E-state index is 0.285. The first kappa shape index (κ1) is 13.8. The van der Waals surface area contributed by atoms with E-state index < -0.39 is 17.6 Å². The van der Waals surface area contributed by atoms with Crippen LogP contribution in [0.4, 0.5) is 8.78 Å². The Morgan fingerprint density at radius 3 is 2.86 bits per heavy atom. The van der Waals surface area contributed by atoms with Gasteiger partial charge >= 0.3 is 5.97 Å².